The number of hydrogen-bond donors (Lipinski definition) is 3. The van der Waals surface area contributed by atoms with Crippen molar-refractivity contribution < 1.29 is 14.3 Å². The highest BCUT2D eigenvalue weighted by Crippen LogP contribution is 2.32. The number of methoxy groups -OCH3 is 1. The van der Waals surface area contributed by atoms with E-state index in [4.69, 9.17) is 21.4 Å². The molecule has 0 saturated carbocycles. The fourth-order valence-corrected chi connectivity index (χ4v) is 2.68. The molecule has 3 aromatic rings. The molecule has 6 nitrogen and oxygen atoms in total. The minimum Gasteiger partial charge on any atom is -0.496 e. The molecule has 26 heavy (non-hydrogen) atoms. The maximum absolute atomic E-state index is 10.2. The second kappa shape index (κ2) is 8.46. The lowest BCUT2D eigenvalue weighted by Gasteiger charge is -2.15. The summed E-state index contributed by atoms with van der Waals surface area (Å²) in [5.41, 5.74) is 2.40. The van der Waals surface area contributed by atoms with Crippen LogP contribution in [-0.4, -0.2) is 28.9 Å². The van der Waals surface area contributed by atoms with Crippen LogP contribution < -0.4 is 15.4 Å². The van der Waals surface area contributed by atoms with Crippen LogP contribution in [0.2, 0.25) is 0 Å². The lowest BCUT2D eigenvalue weighted by molar-refractivity contribution is 0.181. The van der Waals surface area contributed by atoms with E-state index < -0.39 is 6.10 Å². The number of thiocarbonyl (C=S) groups is 1. The fourth-order valence-electron chi connectivity index (χ4n) is 2.48. The maximum Gasteiger partial charge on any atom is 0.181 e. The summed E-state index contributed by atoms with van der Waals surface area (Å²) in [5.74, 6) is 1.26. The summed E-state index contributed by atoms with van der Waals surface area (Å²) < 4.78 is 10.7. The van der Waals surface area contributed by atoms with Crippen molar-refractivity contribution in [3.05, 3.63) is 66.7 Å². The van der Waals surface area contributed by atoms with E-state index in [1.165, 1.54) is 6.39 Å². The van der Waals surface area contributed by atoms with Gasteiger partial charge in [0.2, 0.25) is 0 Å². The van der Waals surface area contributed by atoms with Gasteiger partial charge in [0.1, 0.15) is 5.75 Å². The van der Waals surface area contributed by atoms with Crippen molar-refractivity contribution in [3.63, 3.8) is 0 Å². The van der Waals surface area contributed by atoms with E-state index >= 15 is 0 Å². The van der Waals surface area contributed by atoms with Gasteiger partial charge in [-0.1, -0.05) is 30.3 Å². The van der Waals surface area contributed by atoms with Gasteiger partial charge in [-0.05, 0) is 29.9 Å². The SMILES string of the molecule is COc1cc(NC(=S)NCC(O)c2ccccc2)ccc1-c1cnco1. The van der Waals surface area contributed by atoms with E-state index in [0.717, 1.165) is 16.8 Å². The minimum absolute atomic E-state index is 0.309. The zero-order chi connectivity index (χ0) is 18.4. The summed E-state index contributed by atoms with van der Waals surface area (Å²) in [4.78, 5) is 3.92. The predicted octanol–water partition coefficient (Wildman–Crippen LogP) is 3.37. The summed E-state index contributed by atoms with van der Waals surface area (Å²) in [5, 5.41) is 16.7. The first-order chi connectivity index (χ1) is 12.7. The Bertz CT molecular complexity index is 854. The van der Waals surface area contributed by atoms with E-state index in [0.29, 0.717) is 23.2 Å². The van der Waals surface area contributed by atoms with E-state index in [2.05, 4.69) is 15.6 Å². The maximum atomic E-state index is 10.2. The van der Waals surface area contributed by atoms with Crippen molar-refractivity contribution in [1.29, 1.82) is 0 Å². The molecule has 3 rings (SSSR count). The Morgan fingerprint density at radius 2 is 2.08 bits per heavy atom. The number of aliphatic hydroxyl groups excluding tert-OH is 1. The van der Waals surface area contributed by atoms with Crippen molar-refractivity contribution in [2.24, 2.45) is 0 Å². The van der Waals surface area contributed by atoms with Crippen LogP contribution in [0.25, 0.3) is 11.3 Å². The number of hydrogen-bond acceptors (Lipinski definition) is 5. The van der Waals surface area contributed by atoms with Crippen molar-refractivity contribution >= 4 is 23.0 Å². The molecule has 1 unspecified atom stereocenters. The van der Waals surface area contributed by atoms with Gasteiger partial charge >= 0.3 is 0 Å². The van der Waals surface area contributed by atoms with Crippen LogP contribution in [0, 0.1) is 0 Å². The molecule has 1 atom stereocenters. The lowest BCUT2D eigenvalue weighted by atomic mass is 10.1. The molecule has 0 aliphatic heterocycles. The first kappa shape index (κ1) is 17.9. The fraction of sp³-hybridized carbons (Fsp3) is 0.158. The van der Waals surface area contributed by atoms with Crippen molar-refractivity contribution in [1.82, 2.24) is 10.3 Å². The van der Waals surface area contributed by atoms with E-state index in [1.54, 1.807) is 13.3 Å². The number of nitrogens with zero attached hydrogens (tertiary/aromatic N) is 1. The van der Waals surface area contributed by atoms with Crippen molar-refractivity contribution in [2.75, 3.05) is 19.0 Å². The Morgan fingerprint density at radius 3 is 2.77 bits per heavy atom. The van der Waals surface area contributed by atoms with Gasteiger partial charge in [0, 0.05) is 18.3 Å². The lowest BCUT2D eigenvalue weighted by Crippen LogP contribution is -2.32. The zero-order valence-corrected chi connectivity index (χ0v) is 15.0. The quantitative estimate of drug-likeness (QED) is 0.575. The van der Waals surface area contributed by atoms with Gasteiger partial charge in [-0.3, -0.25) is 0 Å². The molecule has 0 amide bonds. The molecule has 1 aromatic heterocycles. The predicted molar refractivity (Wildman–Crippen MR) is 104 cm³/mol. The number of nitrogens with one attached hydrogen (secondary N) is 2. The monoisotopic (exact) mass is 369 g/mol. The standard InChI is InChI=1S/C19H19N3O3S/c1-24-17-9-14(7-8-15(17)18-11-20-12-25-18)22-19(26)21-10-16(23)13-5-3-2-4-6-13/h2-9,11-12,16,23H,10H2,1H3,(H2,21,22,26). The first-order valence-corrected chi connectivity index (χ1v) is 8.43. The Hall–Kier alpha value is -2.90. The van der Waals surface area contributed by atoms with E-state index in [-0.39, 0.29) is 0 Å². The van der Waals surface area contributed by atoms with Gasteiger partial charge in [0.25, 0.3) is 0 Å². The molecular weight excluding hydrogens is 350 g/mol. The summed E-state index contributed by atoms with van der Waals surface area (Å²) >= 11 is 5.29. The summed E-state index contributed by atoms with van der Waals surface area (Å²) in [7, 11) is 1.59. The van der Waals surface area contributed by atoms with Gasteiger partial charge in [0.15, 0.2) is 17.3 Å². The topological polar surface area (TPSA) is 79.5 Å². The first-order valence-electron chi connectivity index (χ1n) is 8.02. The molecule has 1 heterocycles. The van der Waals surface area contributed by atoms with Crippen LogP contribution in [0.1, 0.15) is 11.7 Å². The number of aliphatic hydroxyl groups is 1. The van der Waals surface area contributed by atoms with E-state index in [1.807, 2.05) is 48.5 Å². The molecule has 7 heteroatoms. The Labute approximate surface area is 156 Å². The number of anilines is 1. The average molecular weight is 369 g/mol. The van der Waals surface area contributed by atoms with Gasteiger partial charge in [-0.2, -0.15) is 0 Å². The van der Waals surface area contributed by atoms with Gasteiger partial charge < -0.3 is 24.9 Å². The third kappa shape index (κ3) is 4.38. The smallest absolute Gasteiger partial charge is 0.181 e. The molecular formula is C19H19N3O3S. The second-order valence-electron chi connectivity index (χ2n) is 5.54. The molecule has 0 aliphatic rings. The van der Waals surface area contributed by atoms with Gasteiger partial charge in [-0.15, -0.1) is 0 Å². The molecule has 0 aliphatic carbocycles. The van der Waals surface area contributed by atoms with Crippen LogP contribution in [0.4, 0.5) is 5.69 Å². The third-order valence-corrected chi connectivity index (χ3v) is 4.04. The Morgan fingerprint density at radius 1 is 1.27 bits per heavy atom. The highest BCUT2D eigenvalue weighted by Gasteiger charge is 2.11. The molecule has 0 fully saturated rings. The van der Waals surface area contributed by atoms with Crippen LogP contribution in [0.5, 0.6) is 5.75 Å². The minimum atomic E-state index is -0.640. The van der Waals surface area contributed by atoms with Crippen molar-refractivity contribution in [2.45, 2.75) is 6.10 Å². The van der Waals surface area contributed by atoms with Crippen LogP contribution in [-0.2, 0) is 0 Å². The highest BCUT2D eigenvalue weighted by molar-refractivity contribution is 7.80. The normalized spacial score (nSPS) is 11.6. The number of ether oxygens (including phenoxy) is 1. The summed E-state index contributed by atoms with van der Waals surface area (Å²) in [6.45, 7) is 0.309. The van der Waals surface area contributed by atoms with Crippen LogP contribution in [0.15, 0.2) is 65.5 Å². The second-order valence-corrected chi connectivity index (χ2v) is 5.95. The number of benzene rings is 2. The average Bonchev–Trinajstić information content (AvgIpc) is 3.21. The third-order valence-electron chi connectivity index (χ3n) is 3.80. The van der Waals surface area contributed by atoms with E-state index in [9.17, 15) is 5.11 Å². The highest BCUT2D eigenvalue weighted by atomic mass is 32.1. The Kier molecular flexibility index (Phi) is 5.83. The summed E-state index contributed by atoms with van der Waals surface area (Å²) in [6.07, 6.45) is 2.36. The van der Waals surface area contributed by atoms with Gasteiger partial charge in [-0.25, -0.2) is 4.98 Å². The van der Waals surface area contributed by atoms with Crippen LogP contribution in [0.3, 0.4) is 0 Å². The number of oxazole rings is 1. The molecule has 0 radical (unpaired) electrons. The zero-order valence-electron chi connectivity index (χ0n) is 14.2. The number of aromatic nitrogens is 1. The molecule has 0 saturated heterocycles. The molecule has 0 bridgehead atoms. The molecule has 134 valence electrons. The largest absolute Gasteiger partial charge is 0.496 e. The number of rotatable bonds is 6. The molecule has 2 aromatic carbocycles. The van der Waals surface area contributed by atoms with Crippen molar-refractivity contribution in [3.8, 4) is 17.1 Å². The molecule has 0 spiro atoms. The molecule has 3 N–H and O–H groups in total. The van der Waals surface area contributed by atoms with Gasteiger partial charge in [0.05, 0.1) is 25.0 Å². The Balaban J connectivity index is 1.61. The summed E-state index contributed by atoms with van der Waals surface area (Å²) in [6, 6.07) is 15.0. The van der Waals surface area contributed by atoms with Crippen LogP contribution >= 0.6 is 12.2 Å².